The van der Waals surface area contributed by atoms with E-state index in [9.17, 15) is 9.90 Å². The van der Waals surface area contributed by atoms with Gasteiger partial charge in [-0.3, -0.25) is 10.1 Å². The minimum atomic E-state index is -0.840. The second-order valence-electron chi connectivity index (χ2n) is 5.28. The number of aromatic nitrogens is 2. The summed E-state index contributed by atoms with van der Waals surface area (Å²) in [6, 6.07) is 0.159. The minimum absolute atomic E-state index is 0.159. The van der Waals surface area contributed by atoms with E-state index in [0.717, 1.165) is 27.3 Å². The van der Waals surface area contributed by atoms with Crippen LogP contribution in [0.25, 0.3) is 0 Å². The van der Waals surface area contributed by atoms with Gasteiger partial charge in [0.25, 0.3) is 0 Å². The smallest absolute Gasteiger partial charge is 0.323 e. The fourth-order valence-corrected chi connectivity index (χ4v) is 4.46. The molecule has 0 aliphatic carbocycles. The molecule has 0 bridgehead atoms. The standard InChI is InChI=1S/C13H23N3O2S3/c1-9(2)14-13(3,10(17)18)7-5-6-8-20-12-16-15-11(19-4)21-12/h9,14H,5-8H2,1-4H3,(H,17,18). The molecule has 0 saturated carbocycles. The van der Waals surface area contributed by atoms with E-state index in [2.05, 4.69) is 15.5 Å². The topological polar surface area (TPSA) is 75.1 Å². The van der Waals surface area contributed by atoms with Crippen molar-refractivity contribution >= 4 is 40.8 Å². The molecule has 0 amide bonds. The average Bonchev–Trinajstić information content (AvgIpc) is 2.85. The molecule has 0 saturated heterocycles. The number of unbranched alkanes of at least 4 members (excludes halogenated alkanes) is 1. The Balaban J connectivity index is 2.29. The lowest BCUT2D eigenvalue weighted by molar-refractivity contribution is -0.144. The molecule has 1 unspecified atom stereocenters. The van der Waals surface area contributed by atoms with Crippen LogP contribution in [0.4, 0.5) is 0 Å². The number of carboxylic acid groups (broad SMARTS) is 1. The van der Waals surface area contributed by atoms with Gasteiger partial charge in [0, 0.05) is 11.8 Å². The Hall–Kier alpha value is -0.310. The first-order valence-corrected chi connectivity index (χ1v) is 9.91. The van der Waals surface area contributed by atoms with Crippen molar-refractivity contribution < 1.29 is 9.90 Å². The highest BCUT2D eigenvalue weighted by Crippen LogP contribution is 2.28. The number of nitrogens with one attached hydrogen (secondary N) is 1. The predicted octanol–water partition coefficient (Wildman–Crippen LogP) is 3.36. The molecular formula is C13H23N3O2S3. The summed E-state index contributed by atoms with van der Waals surface area (Å²) >= 11 is 4.90. The van der Waals surface area contributed by atoms with E-state index in [1.807, 2.05) is 20.1 Å². The third-order valence-corrected chi connectivity index (χ3v) is 6.06. The van der Waals surface area contributed by atoms with E-state index < -0.39 is 11.5 Å². The van der Waals surface area contributed by atoms with Crippen molar-refractivity contribution in [1.82, 2.24) is 15.5 Å². The molecule has 2 N–H and O–H groups in total. The largest absolute Gasteiger partial charge is 0.480 e. The van der Waals surface area contributed by atoms with Gasteiger partial charge in [-0.1, -0.05) is 41.3 Å². The Morgan fingerprint density at radius 3 is 2.57 bits per heavy atom. The number of hydrogen-bond donors (Lipinski definition) is 2. The van der Waals surface area contributed by atoms with Crippen molar-refractivity contribution in [2.75, 3.05) is 12.0 Å². The van der Waals surface area contributed by atoms with Gasteiger partial charge in [0.2, 0.25) is 0 Å². The maximum Gasteiger partial charge on any atom is 0.323 e. The van der Waals surface area contributed by atoms with E-state index in [1.165, 1.54) is 0 Å². The van der Waals surface area contributed by atoms with Gasteiger partial charge >= 0.3 is 5.97 Å². The van der Waals surface area contributed by atoms with Gasteiger partial charge in [0.1, 0.15) is 5.54 Å². The highest BCUT2D eigenvalue weighted by atomic mass is 32.2. The monoisotopic (exact) mass is 349 g/mol. The van der Waals surface area contributed by atoms with Crippen molar-refractivity contribution in [3.05, 3.63) is 0 Å². The second-order valence-corrected chi connectivity index (χ2v) is 8.65. The first-order valence-electron chi connectivity index (χ1n) is 6.89. The first-order chi connectivity index (χ1) is 9.87. The SMILES string of the molecule is CSc1nnc(SCCCCC(C)(NC(C)C)C(=O)O)s1. The zero-order chi connectivity index (χ0) is 15.9. The maximum atomic E-state index is 11.4. The lowest BCUT2D eigenvalue weighted by atomic mass is 9.94. The van der Waals surface area contributed by atoms with Crippen LogP contribution in [0.15, 0.2) is 8.68 Å². The summed E-state index contributed by atoms with van der Waals surface area (Å²) in [5, 5.41) is 20.7. The molecule has 0 aliphatic heterocycles. The summed E-state index contributed by atoms with van der Waals surface area (Å²) in [6.45, 7) is 5.70. The summed E-state index contributed by atoms with van der Waals surface area (Å²) in [4.78, 5) is 11.4. The van der Waals surface area contributed by atoms with Gasteiger partial charge in [-0.2, -0.15) is 0 Å². The van der Waals surface area contributed by atoms with Gasteiger partial charge in [-0.05, 0) is 39.9 Å². The lowest BCUT2D eigenvalue weighted by Gasteiger charge is -2.28. The molecule has 8 heteroatoms. The van der Waals surface area contributed by atoms with Crippen LogP contribution in [-0.4, -0.2) is 44.9 Å². The van der Waals surface area contributed by atoms with E-state index >= 15 is 0 Å². The van der Waals surface area contributed by atoms with Crippen molar-refractivity contribution in [2.24, 2.45) is 0 Å². The van der Waals surface area contributed by atoms with Crippen LogP contribution in [0.2, 0.25) is 0 Å². The van der Waals surface area contributed by atoms with Crippen molar-refractivity contribution in [2.45, 2.75) is 60.3 Å². The molecule has 21 heavy (non-hydrogen) atoms. The second kappa shape index (κ2) is 8.97. The third-order valence-electron chi connectivity index (χ3n) is 2.94. The highest BCUT2D eigenvalue weighted by molar-refractivity contribution is 8.02. The maximum absolute atomic E-state index is 11.4. The molecule has 1 heterocycles. The average molecular weight is 350 g/mol. The number of carboxylic acids is 1. The van der Waals surface area contributed by atoms with E-state index in [0.29, 0.717) is 6.42 Å². The Morgan fingerprint density at radius 1 is 1.38 bits per heavy atom. The number of aliphatic carboxylic acids is 1. The predicted molar refractivity (Wildman–Crippen MR) is 90.6 cm³/mol. The Bertz CT molecular complexity index is 454. The van der Waals surface area contributed by atoms with Crippen LogP contribution in [0, 0.1) is 0 Å². The molecule has 0 aliphatic rings. The highest BCUT2D eigenvalue weighted by Gasteiger charge is 2.32. The van der Waals surface area contributed by atoms with Gasteiger partial charge in [0.15, 0.2) is 8.68 Å². The van der Waals surface area contributed by atoms with E-state index in [1.54, 1.807) is 41.8 Å². The molecule has 1 aromatic heterocycles. The summed E-state index contributed by atoms with van der Waals surface area (Å²) in [5.41, 5.74) is -0.840. The number of thioether (sulfide) groups is 2. The molecule has 1 aromatic rings. The molecular weight excluding hydrogens is 326 g/mol. The van der Waals surface area contributed by atoms with Crippen LogP contribution < -0.4 is 5.32 Å². The van der Waals surface area contributed by atoms with Crippen LogP contribution in [-0.2, 0) is 4.79 Å². The lowest BCUT2D eigenvalue weighted by Crippen LogP contribution is -2.52. The minimum Gasteiger partial charge on any atom is -0.480 e. The Kier molecular flexibility index (Phi) is 8.00. The molecule has 0 spiro atoms. The first kappa shape index (κ1) is 18.7. The fraction of sp³-hybridized carbons (Fsp3) is 0.769. The zero-order valence-electron chi connectivity index (χ0n) is 12.9. The molecule has 1 rings (SSSR count). The van der Waals surface area contributed by atoms with Gasteiger partial charge < -0.3 is 5.11 Å². The summed E-state index contributed by atoms with van der Waals surface area (Å²) in [6.07, 6.45) is 4.47. The summed E-state index contributed by atoms with van der Waals surface area (Å²) in [7, 11) is 0. The summed E-state index contributed by atoms with van der Waals surface area (Å²) < 4.78 is 1.97. The van der Waals surface area contributed by atoms with Crippen molar-refractivity contribution in [1.29, 1.82) is 0 Å². The van der Waals surface area contributed by atoms with Gasteiger partial charge in [-0.15, -0.1) is 10.2 Å². The van der Waals surface area contributed by atoms with E-state index in [4.69, 9.17) is 0 Å². The Labute approximate surface area is 138 Å². The van der Waals surface area contributed by atoms with Gasteiger partial charge in [0.05, 0.1) is 0 Å². The Morgan fingerprint density at radius 2 is 2.05 bits per heavy atom. The van der Waals surface area contributed by atoms with Crippen molar-refractivity contribution in [3.63, 3.8) is 0 Å². The number of nitrogens with zero attached hydrogens (tertiary/aromatic N) is 2. The number of rotatable bonds is 10. The van der Waals surface area contributed by atoms with Crippen LogP contribution in [0.1, 0.15) is 40.0 Å². The molecule has 120 valence electrons. The molecule has 5 nitrogen and oxygen atoms in total. The number of hydrogen-bond acceptors (Lipinski definition) is 7. The third kappa shape index (κ3) is 6.54. The molecule has 1 atom stereocenters. The van der Waals surface area contributed by atoms with E-state index in [-0.39, 0.29) is 6.04 Å². The fourth-order valence-electron chi connectivity index (χ4n) is 1.96. The quantitative estimate of drug-likeness (QED) is 0.495. The van der Waals surface area contributed by atoms with Crippen LogP contribution in [0.3, 0.4) is 0 Å². The van der Waals surface area contributed by atoms with Crippen LogP contribution in [0.5, 0.6) is 0 Å². The normalized spacial score (nSPS) is 14.3. The van der Waals surface area contributed by atoms with Crippen molar-refractivity contribution in [3.8, 4) is 0 Å². The molecule has 0 aromatic carbocycles. The zero-order valence-corrected chi connectivity index (χ0v) is 15.3. The molecule has 0 radical (unpaired) electrons. The van der Waals surface area contributed by atoms with Crippen LogP contribution >= 0.6 is 34.9 Å². The number of carbonyl (C=O) groups is 1. The summed E-state index contributed by atoms with van der Waals surface area (Å²) in [5.74, 6) is 0.165. The molecule has 0 fully saturated rings. The van der Waals surface area contributed by atoms with Gasteiger partial charge in [-0.25, -0.2) is 0 Å².